The molecule has 0 radical (unpaired) electrons. The lowest BCUT2D eigenvalue weighted by Crippen LogP contribution is -2.28. The van der Waals surface area contributed by atoms with Gasteiger partial charge < -0.3 is 10.2 Å². The third kappa shape index (κ3) is 9.45. The van der Waals surface area contributed by atoms with Crippen molar-refractivity contribution < 1.29 is 0 Å². The summed E-state index contributed by atoms with van der Waals surface area (Å²) < 4.78 is 0. The van der Waals surface area contributed by atoms with Crippen LogP contribution in [0.1, 0.15) is 65.2 Å². The monoisotopic (exact) mass is 268 g/mol. The van der Waals surface area contributed by atoms with Crippen LogP contribution in [0.2, 0.25) is 0 Å². The van der Waals surface area contributed by atoms with Crippen LogP contribution in [0.15, 0.2) is 0 Å². The number of unbranched alkanes of at least 4 members (excludes halogenated alkanes) is 2. The SMILES string of the molecule is CC(C)CNCCCCCN(C)CC1CCCCC1. The van der Waals surface area contributed by atoms with Crippen LogP contribution in [0.4, 0.5) is 0 Å². The Morgan fingerprint density at radius 2 is 1.79 bits per heavy atom. The van der Waals surface area contributed by atoms with Gasteiger partial charge in [0, 0.05) is 6.54 Å². The first-order chi connectivity index (χ1) is 9.18. The first-order valence-electron chi connectivity index (χ1n) is 8.57. The largest absolute Gasteiger partial charge is 0.316 e. The Bertz CT molecular complexity index is 197. The lowest BCUT2D eigenvalue weighted by molar-refractivity contribution is 0.230. The number of rotatable bonds is 10. The van der Waals surface area contributed by atoms with Crippen molar-refractivity contribution in [3.8, 4) is 0 Å². The molecule has 0 heterocycles. The fraction of sp³-hybridized carbons (Fsp3) is 1.00. The lowest BCUT2D eigenvalue weighted by atomic mass is 9.89. The molecule has 1 aliphatic rings. The van der Waals surface area contributed by atoms with Gasteiger partial charge in [0.25, 0.3) is 0 Å². The van der Waals surface area contributed by atoms with E-state index in [-0.39, 0.29) is 0 Å². The van der Waals surface area contributed by atoms with Gasteiger partial charge in [-0.25, -0.2) is 0 Å². The molecular formula is C17H36N2. The molecule has 0 bridgehead atoms. The van der Waals surface area contributed by atoms with Crippen molar-refractivity contribution in [2.24, 2.45) is 11.8 Å². The maximum atomic E-state index is 3.53. The second-order valence-electron chi connectivity index (χ2n) is 6.92. The highest BCUT2D eigenvalue weighted by atomic mass is 15.1. The van der Waals surface area contributed by atoms with Gasteiger partial charge in [-0.15, -0.1) is 0 Å². The van der Waals surface area contributed by atoms with Crippen molar-refractivity contribution in [3.05, 3.63) is 0 Å². The standard InChI is InChI=1S/C17H36N2/c1-16(2)14-18-12-8-5-9-13-19(3)15-17-10-6-4-7-11-17/h16-18H,4-15H2,1-3H3. The Kier molecular flexibility index (Phi) is 9.54. The van der Waals surface area contributed by atoms with E-state index in [1.54, 1.807) is 0 Å². The average molecular weight is 268 g/mol. The minimum absolute atomic E-state index is 0.779. The molecule has 1 fully saturated rings. The fourth-order valence-corrected chi connectivity index (χ4v) is 3.10. The van der Waals surface area contributed by atoms with Crippen molar-refractivity contribution in [2.45, 2.75) is 65.2 Å². The van der Waals surface area contributed by atoms with E-state index in [0.29, 0.717) is 0 Å². The summed E-state index contributed by atoms with van der Waals surface area (Å²) in [5.41, 5.74) is 0. The molecule has 0 spiro atoms. The third-order valence-corrected chi connectivity index (χ3v) is 4.24. The van der Waals surface area contributed by atoms with Crippen molar-refractivity contribution >= 4 is 0 Å². The number of hydrogen-bond acceptors (Lipinski definition) is 2. The van der Waals surface area contributed by atoms with Gasteiger partial charge in [-0.05, 0) is 64.2 Å². The minimum Gasteiger partial charge on any atom is -0.316 e. The first kappa shape index (κ1) is 17.0. The van der Waals surface area contributed by atoms with Gasteiger partial charge in [0.15, 0.2) is 0 Å². The predicted molar refractivity (Wildman–Crippen MR) is 85.6 cm³/mol. The summed E-state index contributed by atoms with van der Waals surface area (Å²) in [5, 5.41) is 3.53. The molecule has 1 saturated carbocycles. The van der Waals surface area contributed by atoms with E-state index in [1.807, 2.05) is 0 Å². The Balaban J connectivity index is 1.88. The third-order valence-electron chi connectivity index (χ3n) is 4.24. The van der Waals surface area contributed by atoms with Crippen LogP contribution < -0.4 is 5.32 Å². The molecule has 2 nitrogen and oxygen atoms in total. The molecule has 1 N–H and O–H groups in total. The molecule has 1 rings (SSSR count). The summed E-state index contributed by atoms with van der Waals surface area (Å²) in [4.78, 5) is 2.57. The van der Waals surface area contributed by atoms with E-state index in [9.17, 15) is 0 Å². The Morgan fingerprint density at radius 3 is 2.47 bits per heavy atom. The average Bonchev–Trinajstić information content (AvgIpc) is 2.38. The quantitative estimate of drug-likeness (QED) is 0.604. The topological polar surface area (TPSA) is 15.3 Å². The molecule has 0 aromatic rings. The van der Waals surface area contributed by atoms with Crippen molar-refractivity contribution in [1.82, 2.24) is 10.2 Å². The van der Waals surface area contributed by atoms with Gasteiger partial charge >= 0.3 is 0 Å². The van der Waals surface area contributed by atoms with E-state index in [1.165, 1.54) is 77.5 Å². The molecule has 0 aliphatic heterocycles. The maximum absolute atomic E-state index is 3.53. The van der Waals surface area contributed by atoms with Crippen LogP contribution >= 0.6 is 0 Å². The van der Waals surface area contributed by atoms with Crippen LogP contribution in [0.25, 0.3) is 0 Å². The van der Waals surface area contributed by atoms with E-state index in [4.69, 9.17) is 0 Å². The zero-order chi connectivity index (χ0) is 13.9. The Labute approximate surface area is 121 Å². The van der Waals surface area contributed by atoms with E-state index >= 15 is 0 Å². The van der Waals surface area contributed by atoms with Gasteiger partial charge in [-0.3, -0.25) is 0 Å². The normalized spacial score (nSPS) is 17.5. The highest BCUT2D eigenvalue weighted by molar-refractivity contribution is 4.69. The van der Waals surface area contributed by atoms with Gasteiger partial charge in [0.1, 0.15) is 0 Å². The van der Waals surface area contributed by atoms with Crippen molar-refractivity contribution in [1.29, 1.82) is 0 Å². The van der Waals surface area contributed by atoms with E-state index < -0.39 is 0 Å². The lowest BCUT2D eigenvalue weighted by Gasteiger charge is -2.26. The molecule has 0 atom stereocenters. The summed E-state index contributed by atoms with van der Waals surface area (Å²) in [6.45, 7) is 9.54. The van der Waals surface area contributed by atoms with Gasteiger partial charge in [-0.2, -0.15) is 0 Å². The zero-order valence-electron chi connectivity index (χ0n) is 13.6. The molecule has 0 aromatic carbocycles. The Hall–Kier alpha value is -0.0800. The predicted octanol–water partition coefficient (Wildman–Crippen LogP) is 3.91. The van der Waals surface area contributed by atoms with Gasteiger partial charge in [-0.1, -0.05) is 39.5 Å². The molecular weight excluding hydrogens is 232 g/mol. The van der Waals surface area contributed by atoms with Crippen LogP contribution in [-0.2, 0) is 0 Å². The highest BCUT2D eigenvalue weighted by Gasteiger charge is 2.14. The zero-order valence-corrected chi connectivity index (χ0v) is 13.6. The smallest absolute Gasteiger partial charge is 0.000661 e. The number of hydrogen-bond donors (Lipinski definition) is 1. The van der Waals surface area contributed by atoms with Crippen molar-refractivity contribution in [2.75, 3.05) is 33.2 Å². The summed E-state index contributed by atoms with van der Waals surface area (Å²) in [6, 6.07) is 0. The second kappa shape index (κ2) is 10.7. The molecule has 0 unspecified atom stereocenters. The molecule has 19 heavy (non-hydrogen) atoms. The number of nitrogens with one attached hydrogen (secondary N) is 1. The maximum Gasteiger partial charge on any atom is 0.000661 e. The van der Waals surface area contributed by atoms with E-state index in [0.717, 1.165) is 11.8 Å². The van der Waals surface area contributed by atoms with Crippen LogP contribution in [-0.4, -0.2) is 38.1 Å². The fourth-order valence-electron chi connectivity index (χ4n) is 3.10. The summed E-state index contributed by atoms with van der Waals surface area (Å²) in [7, 11) is 2.31. The Morgan fingerprint density at radius 1 is 1.05 bits per heavy atom. The second-order valence-corrected chi connectivity index (χ2v) is 6.92. The van der Waals surface area contributed by atoms with Crippen LogP contribution in [0.5, 0.6) is 0 Å². The first-order valence-corrected chi connectivity index (χ1v) is 8.57. The van der Waals surface area contributed by atoms with E-state index in [2.05, 4.69) is 31.1 Å². The molecule has 0 saturated heterocycles. The summed E-state index contributed by atoms with van der Waals surface area (Å²) in [5.74, 6) is 1.77. The number of nitrogens with zero attached hydrogens (tertiary/aromatic N) is 1. The molecule has 2 heteroatoms. The van der Waals surface area contributed by atoms with Crippen LogP contribution in [0, 0.1) is 11.8 Å². The molecule has 0 amide bonds. The summed E-state index contributed by atoms with van der Waals surface area (Å²) >= 11 is 0. The van der Waals surface area contributed by atoms with Crippen LogP contribution in [0.3, 0.4) is 0 Å². The molecule has 114 valence electrons. The van der Waals surface area contributed by atoms with Gasteiger partial charge in [0.2, 0.25) is 0 Å². The molecule has 1 aliphatic carbocycles. The van der Waals surface area contributed by atoms with Crippen molar-refractivity contribution in [3.63, 3.8) is 0 Å². The minimum atomic E-state index is 0.779. The molecule has 0 aromatic heterocycles. The summed E-state index contributed by atoms with van der Waals surface area (Å²) in [6.07, 6.45) is 11.5. The highest BCUT2D eigenvalue weighted by Crippen LogP contribution is 2.24. The van der Waals surface area contributed by atoms with Gasteiger partial charge in [0.05, 0.1) is 0 Å².